The van der Waals surface area contributed by atoms with Crippen molar-refractivity contribution in [3.8, 4) is 6.07 Å². The Balaban J connectivity index is 2.48. The highest BCUT2D eigenvalue weighted by molar-refractivity contribution is 5.66. The lowest BCUT2D eigenvalue weighted by molar-refractivity contribution is 0.584. The van der Waals surface area contributed by atoms with Gasteiger partial charge in [0.1, 0.15) is 5.69 Å². The molecule has 0 unspecified atom stereocenters. The average molecular weight is 286 g/mol. The number of nitriles is 1. The van der Waals surface area contributed by atoms with Gasteiger partial charge in [-0.25, -0.2) is 8.78 Å². The number of hydrogen-bond donors (Lipinski definition) is 1. The smallest absolute Gasteiger partial charge is 0.150 e. The van der Waals surface area contributed by atoms with E-state index in [9.17, 15) is 8.78 Å². The molecule has 0 aliphatic rings. The zero-order valence-electron chi connectivity index (χ0n) is 12.2. The van der Waals surface area contributed by atoms with E-state index in [1.54, 1.807) is 18.2 Å². The molecule has 0 saturated carbocycles. The van der Waals surface area contributed by atoms with Crippen LogP contribution in [0.4, 0.5) is 20.2 Å². The van der Waals surface area contributed by atoms with Gasteiger partial charge < -0.3 is 5.32 Å². The molecule has 0 fully saturated rings. The molecule has 1 N–H and O–H groups in total. The maximum absolute atomic E-state index is 14.0. The molecule has 0 spiro atoms. The summed E-state index contributed by atoms with van der Waals surface area (Å²) in [5.74, 6) is -1.56. The fraction of sp³-hybridized carbons (Fsp3) is 0.235. The molecule has 4 heteroatoms. The van der Waals surface area contributed by atoms with Crippen molar-refractivity contribution < 1.29 is 8.78 Å². The molecule has 0 heterocycles. The largest absolute Gasteiger partial charge is 0.350 e. The number of para-hydroxylation sites is 1. The van der Waals surface area contributed by atoms with Crippen LogP contribution in [0.5, 0.6) is 0 Å². The van der Waals surface area contributed by atoms with Crippen molar-refractivity contribution in [2.75, 3.05) is 5.32 Å². The molecule has 2 rings (SSSR count). The molecule has 0 radical (unpaired) electrons. The minimum atomic E-state index is -0.782. The Morgan fingerprint density at radius 2 is 1.62 bits per heavy atom. The van der Waals surface area contributed by atoms with Crippen LogP contribution >= 0.6 is 0 Å². The van der Waals surface area contributed by atoms with Gasteiger partial charge in [-0.3, -0.25) is 0 Å². The number of benzene rings is 2. The molecule has 0 aromatic heterocycles. The van der Waals surface area contributed by atoms with Crippen LogP contribution < -0.4 is 5.32 Å². The summed E-state index contributed by atoms with van der Waals surface area (Å²) in [6, 6.07) is 11.1. The summed E-state index contributed by atoms with van der Waals surface area (Å²) >= 11 is 0. The van der Waals surface area contributed by atoms with Gasteiger partial charge in [0, 0.05) is 5.69 Å². The molecule has 0 aliphatic carbocycles. The van der Waals surface area contributed by atoms with Crippen LogP contribution in [0.15, 0.2) is 36.4 Å². The molecule has 0 saturated heterocycles. The lowest BCUT2D eigenvalue weighted by Crippen LogP contribution is -2.14. The molecule has 0 bridgehead atoms. The zero-order chi connectivity index (χ0) is 15.6. The molecule has 0 aliphatic heterocycles. The summed E-state index contributed by atoms with van der Waals surface area (Å²) in [6.07, 6.45) is 0. The van der Waals surface area contributed by atoms with E-state index in [4.69, 9.17) is 5.26 Å². The summed E-state index contributed by atoms with van der Waals surface area (Å²) in [5.41, 5.74) is 1.15. The van der Waals surface area contributed by atoms with E-state index in [1.165, 1.54) is 0 Å². The Hall–Kier alpha value is -2.41. The quantitative estimate of drug-likeness (QED) is 0.854. The van der Waals surface area contributed by atoms with Gasteiger partial charge in [-0.15, -0.1) is 0 Å². The Bertz CT molecular complexity index is 686. The summed E-state index contributed by atoms with van der Waals surface area (Å²) < 4.78 is 27.9. The molecule has 2 aromatic rings. The number of nitrogens with zero attached hydrogens (tertiary/aromatic N) is 1. The highest BCUT2D eigenvalue weighted by Crippen LogP contribution is 2.33. The number of hydrogen-bond acceptors (Lipinski definition) is 2. The number of nitrogens with one attached hydrogen (secondary N) is 1. The maximum atomic E-state index is 14.0. The second-order valence-electron chi connectivity index (χ2n) is 5.85. The van der Waals surface area contributed by atoms with E-state index in [1.807, 2.05) is 32.9 Å². The number of halogens is 2. The molecule has 2 nitrogen and oxygen atoms in total. The second kappa shape index (κ2) is 5.53. The molecule has 21 heavy (non-hydrogen) atoms. The summed E-state index contributed by atoms with van der Waals surface area (Å²) in [6.45, 7) is 6.08. The standard InChI is InChI=1S/C17H16F2N2/c1-17(2,3)12-6-4-5-7-15(12)21-16-13(18)8-11(10-20)9-14(16)19/h4-9,21H,1-3H3. The molecular formula is C17H16F2N2. The monoisotopic (exact) mass is 286 g/mol. The SMILES string of the molecule is CC(C)(C)c1ccccc1Nc1c(F)cc(C#N)cc1F. The van der Waals surface area contributed by atoms with Gasteiger partial charge in [0.2, 0.25) is 0 Å². The van der Waals surface area contributed by atoms with Crippen LogP contribution in [-0.4, -0.2) is 0 Å². The molecule has 108 valence electrons. The lowest BCUT2D eigenvalue weighted by atomic mass is 9.86. The highest BCUT2D eigenvalue weighted by Gasteiger charge is 2.19. The average Bonchev–Trinajstić information content (AvgIpc) is 2.42. The number of rotatable bonds is 2. The third kappa shape index (κ3) is 3.19. The Kier molecular flexibility index (Phi) is 3.95. The van der Waals surface area contributed by atoms with Crippen LogP contribution in [0.1, 0.15) is 31.9 Å². The third-order valence-corrected chi connectivity index (χ3v) is 3.17. The van der Waals surface area contributed by atoms with E-state index in [2.05, 4.69) is 5.32 Å². The van der Waals surface area contributed by atoms with Crippen molar-refractivity contribution in [1.29, 1.82) is 5.26 Å². The van der Waals surface area contributed by atoms with Gasteiger partial charge in [-0.2, -0.15) is 5.26 Å². The summed E-state index contributed by atoms with van der Waals surface area (Å²) in [4.78, 5) is 0. The van der Waals surface area contributed by atoms with Gasteiger partial charge in [0.15, 0.2) is 11.6 Å². The van der Waals surface area contributed by atoms with Crippen LogP contribution in [0, 0.1) is 23.0 Å². The predicted molar refractivity (Wildman–Crippen MR) is 79.5 cm³/mol. The predicted octanol–water partition coefficient (Wildman–Crippen LogP) is 4.88. The van der Waals surface area contributed by atoms with E-state index < -0.39 is 11.6 Å². The minimum absolute atomic E-state index is 0.0420. The van der Waals surface area contributed by atoms with Crippen molar-refractivity contribution in [1.82, 2.24) is 0 Å². The second-order valence-corrected chi connectivity index (χ2v) is 5.85. The molecule has 0 atom stereocenters. The topological polar surface area (TPSA) is 35.8 Å². The number of anilines is 2. The first kappa shape index (κ1) is 15.0. The normalized spacial score (nSPS) is 11.0. The molecular weight excluding hydrogens is 270 g/mol. The van der Waals surface area contributed by atoms with Crippen molar-refractivity contribution >= 4 is 11.4 Å². The van der Waals surface area contributed by atoms with Gasteiger partial charge >= 0.3 is 0 Å². The van der Waals surface area contributed by atoms with Crippen LogP contribution in [0.25, 0.3) is 0 Å². The van der Waals surface area contributed by atoms with Gasteiger partial charge in [0.05, 0.1) is 11.6 Å². The van der Waals surface area contributed by atoms with Crippen molar-refractivity contribution in [3.05, 3.63) is 59.2 Å². The van der Waals surface area contributed by atoms with E-state index in [-0.39, 0.29) is 16.7 Å². The van der Waals surface area contributed by atoms with Crippen molar-refractivity contribution in [3.63, 3.8) is 0 Å². The Labute approximate surface area is 123 Å². The van der Waals surface area contributed by atoms with Crippen LogP contribution in [-0.2, 0) is 5.41 Å². The fourth-order valence-corrected chi connectivity index (χ4v) is 2.14. The fourth-order valence-electron chi connectivity index (χ4n) is 2.14. The lowest BCUT2D eigenvalue weighted by Gasteiger charge is -2.23. The summed E-state index contributed by atoms with van der Waals surface area (Å²) in [5, 5.41) is 11.5. The first-order valence-electron chi connectivity index (χ1n) is 6.58. The van der Waals surface area contributed by atoms with Crippen molar-refractivity contribution in [2.45, 2.75) is 26.2 Å². The summed E-state index contributed by atoms with van der Waals surface area (Å²) in [7, 11) is 0. The van der Waals surface area contributed by atoms with Gasteiger partial charge in [-0.1, -0.05) is 39.0 Å². The highest BCUT2D eigenvalue weighted by atomic mass is 19.1. The Morgan fingerprint density at radius 3 is 2.14 bits per heavy atom. The van der Waals surface area contributed by atoms with Crippen LogP contribution in [0.3, 0.4) is 0 Å². The van der Waals surface area contributed by atoms with Gasteiger partial charge in [0.25, 0.3) is 0 Å². The van der Waals surface area contributed by atoms with E-state index in [0.717, 1.165) is 17.7 Å². The molecule has 0 amide bonds. The minimum Gasteiger partial charge on any atom is -0.350 e. The van der Waals surface area contributed by atoms with Crippen LogP contribution in [0.2, 0.25) is 0 Å². The zero-order valence-corrected chi connectivity index (χ0v) is 12.2. The Morgan fingerprint density at radius 1 is 1.05 bits per heavy atom. The van der Waals surface area contributed by atoms with Crippen molar-refractivity contribution in [2.24, 2.45) is 0 Å². The van der Waals surface area contributed by atoms with E-state index in [0.29, 0.717) is 5.69 Å². The third-order valence-electron chi connectivity index (χ3n) is 3.17. The first-order chi connectivity index (χ1) is 9.82. The first-order valence-corrected chi connectivity index (χ1v) is 6.58. The molecule has 2 aromatic carbocycles. The van der Waals surface area contributed by atoms with Gasteiger partial charge in [-0.05, 0) is 29.2 Å². The van der Waals surface area contributed by atoms with E-state index >= 15 is 0 Å². The maximum Gasteiger partial charge on any atom is 0.150 e.